The molecule has 0 atom stereocenters. The number of benzene rings is 1. The zero-order valence-electron chi connectivity index (χ0n) is 15.4. The average Bonchev–Trinajstić information content (AvgIpc) is 2.77. The molecule has 130 valence electrons. The fourth-order valence-electron chi connectivity index (χ4n) is 3.62. The summed E-state index contributed by atoms with van der Waals surface area (Å²) in [5.41, 5.74) is 5.16. The molecule has 4 nitrogen and oxygen atoms in total. The smallest absolute Gasteiger partial charge is 0.243 e. The molecule has 1 amide bonds. The lowest BCUT2D eigenvalue weighted by molar-refractivity contribution is -0.133. The Labute approximate surface area is 145 Å². The average molecular weight is 327 g/mol. The predicted octanol–water partition coefficient (Wildman–Crippen LogP) is 3.23. The Hall–Kier alpha value is -1.68. The van der Waals surface area contributed by atoms with Gasteiger partial charge >= 0.3 is 0 Å². The third-order valence-electron chi connectivity index (χ3n) is 5.16. The number of rotatable bonds is 3. The summed E-state index contributed by atoms with van der Waals surface area (Å²) >= 11 is 0. The Morgan fingerprint density at radius 3 is 2.29 bits per heavy atom. The Balaban J connectivity index is 1.85. The van der Waals surface area contributed by atoms with Gasteiger partial charge in [0.2, 0.25) is 5.91 Å². The van der Waals surface area contributed by atoms with Gasteiger partial charge in [-0.15, -0.1) is 0 Å². The van der Waals surface area contributed by atoms with Crippen LogP contribution in [-0.2, 0) is 17.6 Å². The van der Waals surface area contributed by atoms with Crippen LogP contribution in [0.2, 0.25) is 0 Å². The Morgan fingerprint density at radius 2 is 1.62 bits per heavy atom. The topological polar surface area (TPSA) is 35.9 Å². The second-order valence-corrected chi connectivity index (χ2v) is 7.49. The minimum Gasteiger partial charge on any atom is -0.300 e. The van der Waals surface area contributed by atoms with Crippen molar-refractivity contribution in [3.63, 3.8) is 0 Å². The van der Waals surface area contributed by atoms with E-state index >= 15 is 0 Å². The molecule has 2 heterocycles. The molecule has 0 radical (unpaired) electrons. The number of carbonyl (C=O) groups is 1. The summed E-state index contributed by atoms with van der Waals surface area (Å²) in [7, 11) is 0. The zero-order chi connectivity index (χ0) is 17.3. The van der Waals surface area contributed by atoms with Crippen molar-refractivity contribution >= 4 is 11.6 Å². The van der Waals surface area contributed by atoms with Gasteiger partial charge in [-0.1, -0.05) is 12.1 Å². The number of amides is 1. The lowest BCUT2D eigenvalue weighted by Gasteiger charge is -2.27. The molecule has 0 aliphatic carbocycles. The molecule has 3 rings (SSSR count). The van der Waals surface area contributed by atoms with Gasteiger partial charge in [0.05, 0.1) is 5.71 Å². The third kappa shape index (κ3) is 3.54. The molecule has 0 bridgehead atoms. The summed E-state index contributed by atoms with van der Waals surface area (Å²) in [5.74, 6) is 0.135. The maximum Gasteiger partial charge on any atom is 0.243 e. The molecule has 0 saturated carbocycles. The van der Waals surface area contributed by atoms with Crippen LogP contribution in [0.4, 0.5) is 0 Å². The van der Waals surface area contributed by atoms with Crippen molar-refractivity contribution < 1.29 is 4.79 Å². The molecule has 24 heavy (non-hydrogen) atoms. The van der Waals surface area contributed by atoms with E-state index in [9.17, 15) is 4.79 Å². The highest BCUT2D eigenvalue weighted by molar-refractivity contribution is 6.04. The molecule has 0 unspecified atom stereocenters. The highest BCUT2D eigenvalue weighted by atomic mass is 16.2. The molecule has 1 aromatic rings. The monoisotopic (exact) mass is 327 g/mol. The Kier molecular flexibility index (Phi) is 5.04. The summed E-state index contributed by atoms with van der Waals surface area (Å²) in [4.78, 5) is 14.6. The number of fused-ring (bicyclic) bond motifs is 1. The maximum atomic E-state index is 12.0. The minimum atomic E-state index is 0.119. The first-order valence-electron chi connectivity index (χ1n) is 9.21. The predicted molar refractivity (Wildman–Crippen MR) is 98.3 cm³/mol. The quantitative estimate of drug-likeness (QED) is 0.854. The van der Waals surface area contributed by atoms with Gasteiger partial charge in [0.1, 0.15) is 0 Å². The van der Waals surface area contributed by atoms with Gasteiger partial charge in [-0.3, -0.25) is 4.79 Å². The molecular formula is C20H29N3O. The van der Waals surface area contributed by atoms with Crippen LogP contribution >= 0.6 is 0 Å². The molecule has 0 spiro atoms. The van der Waals surface area contributed by atoms with Gasteiger partial charge in [-0.25, -0.2) is 5.01 Å². The molecule has 2 aliphatic rings. The van der Waals surface area contributed by atoms with Crippen molar-refractivity contribution in [2.75, 3.05) is 13.1 Å². The third-order valence-corrected chi connectivity index (χ3v) is 5.16. The van der Waals surface area contributed by atoms with E-state index in [4.69, 9.17) is 0 Å². The molecule has 0 fully saturated rings. The van der Waals surface area contributed by atoms with Gasteiger partial charge in [0.25, 0.3) is 0 Å². The van der Waals surface area contributed by atoms with Gasteiger partial charge in [-0.05, 0) is 63.3 Å². The van der Waals surface area contributed by atoms with E-state index < -0.39 is 0 Å². The van der Waals surface area contributed by atoms with Crippen LogP contribution in [0, 0.1) is 0 Å². The minimum absolute atomic E-state index is 0.119. The summed E-state index contributed by atoms with van der Waals surface area (Å²) in [6.07, 6.45) is 3.53. The lowest BCUT2D eigenvalue weighted by atomic mass is 9.96. The van der Waals surface area contributed by atoms with E-state index in [1.54, 1.807) is 5.01 Å². The van der Waals surface area contributed by atoms with Crippen molar-refractivity contribution in [1.82, 2.24) is 9.91 Å². The summed E-state index contributed by atoms with van der Waals surface area (Å²) in [6.45, 7) is 10.8. The van der Waals surface area contributed by atoms with Crippen LogP contribution in [0.3, 0.4) is 0 Å². The highest BCUT2D eigenvalue weighted by Gasteiger charge is 2.24. The largest absolute Gasteiger partial charge is 0.300 e. The summed E-state index contributed by atoms with van der Waals surface area (Å²) in [6, 6.07) is 7.50. The molecule has 0 aromatic heterocycles. The van der Waals surface area contributed by atoms with Crippen molar-refractivity contribution in [3.8, 4) is 0 Å². The number of hydrogen-bond donors (Lipinski definition) is 0. The number of nitrogens with zero attached hydrogens (tertiary/aromatic N) is 3. The first-order chi connectivity index (χ1) is 11.5. The number of hydrazone groups is 1. The van der Waals surface area contributed by atoms with E-state index in [0.717, 1.165) is 38.1 Å². The lowest BCUT2D eigenvalue weighted by Crippen LogP contribution is -2.36. The van der Waals surface area contributed by atoms with Crippen LogP contribution in [0.5, 0.6) is 0 Å². The van der Waals surface area contributed by atoms with E-state index in [2.05, 4.69) is 42.0 Å². The van der Waals surface area contributed by atoms with Gasteiger partial charge in [0, 0.05) is 38.0 Å². The van der Waals surface area contributed by atoms with Crippen molar-refractivity contribution in [2.24, 2.45) is 5.10 Å². The first kappa shape index (κ1) is 17.2. The van der Waals surface area contributed by atoms with Crippen molar-refractivity contribution in [1.29, 1.82) is 0 Å². The van der Waals surface area contributed by atoms with E-state index in [1.165, 1.54) is 16.7 Å². The fourth-order valence-corrected chi connectivity index (χ4v) is 3.62. The number of hydrogen-bond acceptors (Lipinski definition) is 3. The maximum absolute atomic E-state index is 12.0. The SMILES string of the molecule is CC(C)N1CCc2ccc(C3=NN(C(C)C)C(=O)CC3)cc2CC1. The van der Waals surface area contributed by atoms with Gasteiger partial charge in [-0.2, -0.15) is 5.10 Å². The van der Waals surface area contributed by atoms with Crippen LogP contribution in [0.15, 0.2) is 23.3 Å². The molecule has 0 saturated heterocycles. The van der Waals surface area contributed by atoms with Crippen LogP contribution in [-0.4, -0.2) is 46.7 Å². The molecule has 0 N–H and O–H groups in total. The second kappa shape index (κ2) is 7.06. The van der Waals surface area contributed by atoms with Crippen LogP contribution in [0.1, 0.15) is 57.2 Å². The van der Waals surface area contributed by atoms with E-state index in [0.29, 0.717) is 12.5 Å². The van der Waals surface area contributed by atoms with Crippen LogP contribution in [0.25, 0.3) is 0 Å². The molecule has 2 aliphatic heterocycles. The van der Waals surface area contributed by atoms with Gasteiger partial charge < -0.3 is 4.90 Å². The molecule has 1 aromatic carbocycles. The van der Waals surface area contributed by atoms with Crippen molar-refractivity contribution in [3.05, 3.63) is 34.9 Å². The summed E-state index contributed by atoms with van der Waals surface area (Å²) in [5, 5.41) is 6.28. The molecular weight excluding hydrogens is 298 g/mol. The Bertz CT molecular complexity index is 648. The standard InChI is InChI=1S/C20H29N3O/c1-14(2)22-11-9-16-5-6-18(13-17(16)10-12-22)19-7-8-20(24)23(21-19)15(3)4/h5-6,13-15H,7-12H2,1-4H3. The first-order valence-corrected chi connectivity index (χ1v) is 9.21. The molecule has 4 heteroatoms. The van der Waals surface area contributed by atoms with E-state index in [1.807, 2.05) is 13.8 Å². The Morgan fingerprint density at radius 1 is 0.917 bits per heavy atom. The second-order valence-electron chi connectivity index (χ2n) is 7.49. The summed E-state index contributed by atoms with van der Waals surface area (Å²) < 4.78 is 0. The van der Waals surface area contributed by atoms with Gasteiger partial charge in [0.15, 0.2) is 0 Å². The number of carbonyl (C=O) groups excluding carboxylic acids is 1. The van der Waals surface area contributed by atoms with Crippen LogP contribution < -0.4 is 0 Å². The highest BCUT2D eigenvalue weighted by Crippen LogP contribution is 2.22. The zero-order valence-corrected chi connectivity index (χ0v) is 15.4. The van der Waals surface area contributed by atoms with E-state index in [-0.39, 0.29) is 11.9 Å². The normalized spacial score (nSPS) is 19.5. The fraction of sp³-hybridized carbons (Fsp3) is 0.600. The van der Waals surface area contributed by atoms with Crippen molar-refractivity contribution in [2.45, 2.75) is 65.5 Å².